The van der Waals surface area contributed by atoms with Crippen LogP contribution in [0.2, 0.25) is 0 Å². The van der Waals surface area contributed by atoms with E-state index in [-0.39, 0.29) is 17.1 Å². The number of ketones is 1. The van der Waals surface area contributed by atoms with E-state index in [2.05, 4.69) is 0 Å². The summed E-state index contributed by atoms with van der Waals surface area (Å²) in [5.74, 6) is -0.523. The molecule has 124 valence electrons. The van der Waals surface area contributed by atoms with Crippen LogP contribution in [0.1, 0.15) is 25.0 Å². The van der Waals surface area contributed by atoms with Gasteiger partial charge in [0.25, 0.3) is 0 Å². The maximum absolute atomic E-state index is 14.6. The Morgan fingerprint density at radius 3 is 2.33 bits per heavy atom. The molecule has 0 saturated carbocycles. The summed E-state index contributed by atoms with van der Waals surface area (Å²) in [6, 6.07) is 13.4. The molecule has 0 N–H and O–H groups in total. The SMILES string of the molecule is CS(=O)c1ccc(C2=C(c3ccccc3)C(=O)C(C)(C)O2)c(F)c1. The van der Waals surface area contributed by atoms with Gasteiger partial charge in [-0.3, -0.25) is 9.00 Å². The van der Waals surface area contributed by atoms with E-state index in [9.17, 15) is 13.4 Å². The first-order valence-electron chi connectivity index (χ1n) is 7.48. The Balaban J connectivity index is 2.21. The van der Waals surface area contributed by atoms with Gasteiger partial charge in [-0.15, -0.1) is 0 Å². The zero-order valence-corrected chi connectivity index (χ0v) is 14.4. The molecule has 2 aromatic carbocycles. The van der Waals surface area contributed by atoms with E-state index in [1.165, 1.54) is 18.4 Å². The van der Waals surface area contributed by atoms with Crippen LogP contribution in [0.5, 0.6) is 0 Å². The molecule has 5 heteroatoms. The van der Waals surface area contributed by atoms with Crippen molar-refractivity contribution in [3.05, 3.63) is 65.5 Å². The molecule has 0 saturated heterocycles. The number of carbonyl (C=O) groups is 1. The molecule has 1 aliphatic rings. The Bertz CT molecular complexity index is 869. The molecule has 0 aromatic heterocycles. The van der Waals surface area contributed by atoms with Gasteiger partial charge in [0.05, 0.1) is 11.1 Å². The van der Waals surface area contributed by atoms with Gasteiger partial charge in [0.1, 0.15) is 11.6 Å². The van der Waals surface area contributed by atoms with Crippen LogP contribution in [0.4, 0.5) is 4.39 Å². The number of halogens is 1. The Kier molecular flexibility index (Phi) is 4.13. The number of benzene rings is 2. The van der Waals surface area contributed by atoms with Gasteiger partial charge in [-0.1, -0.05) is 30.3 Å². The van der Waals surface area contributed by atoms with Gasteiger partial charge in [-0.2, -0.15) is 0 Å². The van der Waals surface area contributed by atoms with Crippen molar-refractivity contribution in [3.8, 4) is 0 Å². The van der Waals surface area contributed by atoms with Crippen molar-refractivity contribution >= 4 is 27.9 Å². The lowest BCUT2D eigenvalue weighted by molar-refractivity contribution is -0.125. The Hall–Kier alpha value is -2.27. The molecule has 0 bridgehead atoms. The second kappa shape index (κ2) is 5.98. The van der Waals surface area contributed by atoms with Crippen molar-refractivity contribution < 1.29 is 18.1 Å². The van der Waals surface area contributed by atoms with Crippen molar-refractivity contribution in [3.63, 3.8) is 0 Å². The molecule has 0 amide bonds. The average molecular weight is 344 g/mol. The molecule has 3 nitrogen and oxygen atoms in total. The van der Waals surface area contributed by atoms with Gasteiger partial charge >= 0.3 is 0 Å². The van der Waals surface area contributed by atoms with Gasteiger partial charge in [-0.05, 0) is 37.6 Å². The molecular weight excluding hydrogens is 327 g/mol. The first kappa shape index (κ1) is 16.6. The summed E-state index contributed by atoms with van der Waals surface area (Å²) in [6.45, 7) is 3.33. The van der Waals surface area contributed by atoms with E-state index in [4.69, 9.17) is 4.74 Å². The largest absolute Gasteiger partial charge is 0.478 e. The summed E-state index contributed by atoms with van der Waals surface area (Å²) in [7, 11) is -1.28. The van der Waals surface area contributed by atoms with E-state index in [0.717, 1.165) is 0 Å². The third kappa shape index (κ3) is 2.80. The lowest BCUT2D eigenvalue weighted by Crippen LogP contribution is -2.29. The molecular formula is C19H17FO3S. The van der Waals surface area contributed by atoms with Gasteiger partial charge < -0.3 is 4.74 Å². The predicted molar refractivity (Wildman–Crippen MR) is 92.2 cm³/mol. The van der Waals surface area contributed by atoms with Crippen molar-refractivity contribution in [1.29, 1.82) is 0 Å². The standard InChI is InChI=1S/C19H17FO3S/c1-19(2)18(21)16(12-7-5-4-6-8-12)17(23-19)14-10-9-13(24(3)22)11-15(14)20/h4-11H,1-3H3. The summed E-state index contributed by atoms with van der Waals surface area (Å²) in [4.78, 5) is 13.1. The van der Waals surface area contributed by atoms with Crippen LogP contribution in [-0.4, -0.2) is 21.8 Å². The van der Waals surface area contributed by atoms with E-state index >= 15 is 0 Å². The Morgan fingerprint density at radius 2 is 1.75 bits per heavy atom. The molecule has 1 unspecified atom stereocenters. The number of Topliss-reactive ketones (excluding diaryl/α,β-unsaturated/α-hetero) is 1. The van der Waals surface area contributed by atoms with Crippen LogP contribution < -0.4 is 0 Å². The zero-order chi connectivity index (χ0) is 17.5. The highest BCUT2D eigenvalue weighted by molar-refractivity contribution is 7.84. The van der Waals surface area contributed by atoms with Crippen molar-refractivity contribution in [2.75, 3.05) is 6.26 Å². The minimum absolute atomic E-state index is 0.189. The predicted octanol–water partition coefficient (Wildman–Crippen LogP) is 3.81. The smallest absolute Gasteiger partial charge is 0.210 e. The summed E-state index contributed by atoms with van der Waals surface area (Å²) < 4.78 is 31.9. The summed E-state index contributed by atoms with van der Waals surface area (Å²) in [6.07, 6.45) is 1.49. The number of hydrogen-bond donors (Lipinski definition) is 0. The van der Waals surface area contributed by atoms with Crippen LogP contribution in [0.3, 0.4) is 0 Å². The molecule has 0 fully saturated rings. The minimum atomic E-state index is -1.28. The Morgan fingerprint density at radius 1 is 1.08 bits per heavy atom. The first-order chi connectivity index (χ1) is 11.3. The fraction of sp³-hybridized carbons (Fsp3) is 0.211. The first-order valence-corrected chi connectivity index (χ1v) is 9.04. The van der Waals surface area contributed by atoms with Crippen LogP contribution >= 0.6 is 0 Å². The van der Waals surface area contributed by atoms with Gasteiger partial charge in [0.2, 0.25) is 5.78 Å². The normalized spacial score (nSPS) is 17.8. The van der Waals surface area contributed by atoms with Crippen molar-refractivity contribution in [1.82, 2.24) is 0 Å². The monoisotopic (exact) mass is 344 g/mol. The molecule has 0 spiro atoms. The summed E-state index contributed by atoms with van der Waals surface area (Å²) in [5.41, 5.74) is 0.191. The number of carbonyl (C=O) groups excluding carboxylic acids is 1. The van der Waals surface area contributed by atoms with Crippen molar-refractivity contribution in [2.24, 2.45) is 0 Å². The van der Waals surface area contributed by atoms with Crippen LogP contribution in [0, 0.1) is 5.82 Å². The molecule has 1 heterocycles. The van der Waals surface area contributed by atoms with Gasteiger partial charge in [0.15, 0.2) is 5.60 Å². The maximum Gasteiger partial charge on any atom is 0.210 e. The fourth-order valence-electron chi connectivity index (χ4n) is 2.67. The highest BCUT2D eigenvalue weighted by Crippen LogP contribution is 2.42. The number of ether oxygens (including phenoxy) is 1. The molecule has 1 aliphatic heterocycles. The molecule has 0 radical (unpaired) electrons. The van der Waals surface area contributed by atoms with Crippen LogP contribution in [0.25, 0.3) is 11.3 Å². The van der Waals surface area contributed by atoms with E-state index < -0.39 is 22.2 Å². The molecule has 0 aliphatic carbocycles. The van der Waals surface area contributed by atoms with E-state index in [0.29, 0.717) is 16.0 Å². The Labute approximate surface area is 142 Å². The quantitative estimate of drug-likeness (QED) is 0.850. The second-order valence-electron chi connectivity index (χ2n) is 6.11. The maximum atomic E-state index is 14.6. The van der Waals surface area contributed by atoms with E-state index in [1.807, 2.05) is 18.2 Å². The van der Waals surface area contributed by atoms with Crippen LogP contribution in [-0.2, 0) is 20.3 Å². The topological polar surface area (TPSA) is 43.4 Å². The second-order valence-corrected chi connectivity index (χ2v) is 7.49. The third-order valence-electron chi connectivity index (χ3n) is 3.94. The average Bonchev–Trinajstić information content (AvgIpc) is 2.78. The minimum Gasteiger partial charge on any atom is -0.478 e. The molecule has 3 rings (SSSR count). The summed E-state index contributed by atoms with van der Waals surface area (Å²) in [5, 5.41) is 0. The van der Waals surface area contributed by atoms with E-state index in [1.54, 1.807) is 32.0 Å². The lowest BCUT2D eigenvalue weighted by atomic mass is 9.92. The zero-order valence-electron chi connectivity index (χ0n) is 13.6. The molecule has 1 atom stereocenters. The van der Waals surface area contributed by atoms with Crippen LogP contribution in [0.15, 0.2) is 53.4 Å². The number of rotatable bonds is 3. The van der Waals surface area contributed by atoms with Gasteiger partial charge in [-0.25, -0.2) is 4.39 Å². The molecule has 2 aromatic rings. The fourth-order valence-corrected chi connectivity index (χ4v) is 3.20. The third-order valence-corrected chi connectivity index (χ3v) is 4.86. The highest BCUT2D eigenvalue weighted by atomic mass is 32.2. The number of hydrogen-bond acceptors (Lipinski definition) is 3. The van der Waals surface area contributed by atoms with Crippen molar-refractivity contribution in [2.45, 2.75) is 24.3 Å². The lowest BCUT2D eigenvalue weighted by Gasteiger charge is -2.18. The molecule has 24 heavy (non-hydrogen) atoms. The summed E-state index contributed by atoms with van der Waals surface area (Å²) >= 11 is 0. The highest BCUT2D eigenvalue weighted by Gasteiger charge is 2.43. The van der Waals surface area contributed by atoms with Gasteiger partial charge in [0, 0.05) is 22.0 Å².